The zero-order valence-corrected chi connectivity index (χ0v) is 10.6. The van der Waals surface area contributed by atoms with E-state index in [1.165, 1.54) is 32.1 Å². The maximum Gasteiger partial charge on any atom is 0.0631 e. The summed E-state index contributed by atoms with van der Waals surface area (Å²) >= 11 is 0. The lowest BCUT2D eigenvalue weighted by atomic mass is 9.90. The summed E-state index contributed by atoms with van der Waals surface area (Å²) in [5.41, 5.74) is 0.684. The second-order valence-electron chi connectivity index (χ2n) is 6.12. The first-order valence-corrected chi connectivity index (χ1v) is 6.33. The molecule has 0 aromatic heterocycles. The second-order valence-corrected chi connectivity index (χ2v) is 6.12. The van der Waals surface area contributed by atoms with Gasteiger partial charge in [-0.05, 0) is 65.3 Å². The van der Waals surface area contributed by atoms with E-state index in [1.54, 1.807) is 0 Å². The predicted octanol–water partition coefficient (Wildman–Crippen LogP) is 2.72. The van der Waals surface area contributed by atoms with Crippen LogP contribution in [0.4, 0.5) is 0 Å². The molecule has 2 aliphatic rings. The minimum absolute atomic E-state index is 0.129. The first kappa shape index (κ1) is 11.4. The molecule has 1 heterocycles. The summed E-state index contributed by atoms with van der Waals surface area (Å²) in [5.74, 6) is 0. The van der Waals surface area contributed by atoms with E-state index in [0.717, 1.165) is 0 Å². The van der Waals surface area contributed by atoms with Crippen molar-refractivity contribution in [3.63, 3.8) is 0 Å². The van der Waals surface area contributed by atoms with Crippen molar-refractivity contribution < 1.29 is 4.74 Å². The van der Waals surface area contributed by atoms with Crippen LogP contribution >= 0.6 is 0 Å². The van der Waals surface area contributed by atoms with Crippen molar-refractivity contribution in [3.8, 4) is 0 Å². The summed E-state index contributed by atoms with van der Waals surface area (Å²) in [6, 6.07) is 0.643. The normalized spacial score (nSPS) is 34.0. The maximum absolute atomic E-state index is 6.09. The Kier molecular flexibility index (Phi) is 2.85. The highest BCUT2D eigenvalue weighted by Crippen LogP contribution is 2.54. The zero-order valence-electron chi connectivity index (χ0n) is 10.6. The van der Waals surface area contributed by atoms with Crippen LogP contribution in [0.1, 0.15) is 52.9 Å². The molecule has 0 spiro atoms. The van der Waals surface area contributed by atoms with Gasteiger partial charge in [-0.15, -0.1) is 0 Å². The summed E-state index contributed by atoms with van der Waals surface area (Å²) < 4.78 is 6.09. The maximum atomic E-state index is 6.09. The van der Waals surface area contributed by atoms with Gasteiger partial charge in [-0.25, -0.2) is 0 Å². The van der Waals surface area contributed by atoms with E-state index in [0.29, 0.717) is 17.6 Å². The van der Waals surface area contributed by atoms with Crippen molar-refractivity contribution in [2.24, 2.45) is 5.41 Å². The van der Waals surface area contributed by atoms with E-state index in [9.17, 15) is 0 Å². The van der Waals surface area contributed by atoms with Crippen molar-refractivity contribution in [2.45, 2.75) is 70.6 Å². The molecular formula is C13H25NO. The zero-order chi connectivity index (χ0) is 11.1. The van der Waals surface area contributed by atoms with Crippen LogP contribution in [0.15, 0.2) is 0 Å². The van der Waals surface area contributed by atoms with Gasteiger partial charge in [0.1, 0.15) is 0 Å². The summed E-state index contributed by atoms with van der Waals surface area (Å²) in [4.78, 5) is 0. The highest BCUT2D eigenvalue weighted by molar-refractivity contribution is 5.02. The lowest BCUT2D eigenvalue weighted by Crippen LogP contribution is -2.34. The molecule has 1 saturated heterocycles. The number of ether oxygens (including phenoxy) is 1. The van der Waals surface area contributed by atoms with Crippen LogP contribution in [0.3, 0.4) is 0 Å². The first-order chi connectivity index (χ1) is 6.97. The quantitative estimate of drug-likeness (QED) is 0.772. The lowest BCUT2D eigenvalue weighted by molar-refractivity contribution is -0.0284. The fraction of sp³-hybridized carbons (Fsp3) is 1.00. The van der Waals surface area contributed by atoms with E-state index in [1.807, 2.05) is 0 Å². The Balaban J connectivity index is 1.88. The van der Waals surface area contributed by atoms with E-state index in [-0.39, 0.29) is 5.60 Å². The van der Waals surface area contributed by atoms with E-state index in [2.05, 4.69) is 33.1 Å². The number of hydrogen-bond acceptors (Lipinski definition) is 2. The van der Waals surface area contributed by atoms with Gasteiger partial charge in [-0.3, -0.25) is 0 Å². The van der Waals surface area contributed by atoms with Crippen LogP contribution in [0, 0.1) is 5.41 Å². The molecule has 88 valence electrons. The average Bonchev–Trinajstić information content (AvgIpc) is 2.86. The summed E-state index contributed by atoms with van der Waals surface area (Å²) in [6.07, 6.45) is 7.02. The molecule has 0 aromatic rings. The van der Waals surface area contributed by atoms with Gasteiger partial charge in [-0.1, -0.05) is 0 Å². The van der Waals surface area contributed by atoms with Crippen molar-refractivity contribution in [1.29, 1.82) is 0 Å². The van der Waals surface area contributed by atoms with E-state index in [4.69, 9.17) is 4.74 Å². The van der Waals surface area contributed by atoms with Gasteiger partial charge in [0.05, 0.1) is 11.7 Å². The molecule has 0 radical (unpaired) electrons. The molecule has 15 heavy (non-hydrogen) atoms. The van der Waals surface area contributed by atoms with Gasteiger partial charge >= 0.3 is 0 Å². The Labute approximate surface area is 93.8 Å². The van der Waals surface area contributed by atoms with Crippen molar-refractivity contribution in [2.75, 3.05) is 7.05 Å². The predicted molar refractivity (Wildman–Crippen MR) is 63.0 cm³/mol. The van der Waals surface area contributed by atoms with Crippen LogP contribution in [0.25, 0.3) is 0 Å². The van der Waals surface area contributed by atoms with Crippen LogP contribution < -0.4 is 5.32 Å². The Morgan fingerprint density at radius 2 is 2.00 bits per heavy atom. The third-order valence-electron chi connectivity index (χ3n) is 4.43. The van der Waals surface area contributed by atoms with Crippen LogP contribution in [0.5, 0.6) is 0 Å². The second kappa shape index (κ2) is 3.74. The molecule has 0 aromatic carbocycles. The van der Waals surface area contributed by atoms with Gasteiger partial charge in [0, 0.05) is 6.04 Å². The fourth-order valence-electron chi connectivity index (χ4n) is 2.96. The highest BCUT2D eigenvalue weighted by Gasteiger charge is 2.49. The largest absolute Gasteiger partial charge is 0.372 e. The average molecular weight is 211 g/mol. The number of nitrogens with one attached hydrogen (secondary N) is 1. The van der Waals surface area contributed by atoms with Gasteiger partial charge < -0.3 is 10.1 Å². The molecule has 1 N–H and O–H groups in total. The molecule has 1 aliphatic heterocycles. The third kappa shape index (κ3) is 2.36. The molecule has 2 rings (SSSR count). The van der Waals surface area contributed by atoms with Crippen LogP contribution in [0.2, 0.25) is 0 Å². The van der Waals surface area contributed by atoms with Crippen molar-refractivity contribution in [3.05, 3.63) is 0 Å². The Morgan fingerprint density at radius 3 is 2.40 bits per heavy atom. The molecular weight excluding hydrogens is 186 g/mol. The molecule has 2 nitrogen and oxygen atoms in total. The van der Waals surface area contributed by atoms with Crippen LogP contribution in [-0.2, 0) is 4.74 Å². The van der Waals surface area contributed by atoms with E-state index >= 15 is 0 Å². The van der Waals surface area contributed by atoms with Gasteiger partial charge in [0.15, 0.2) is 0 Å². The van der Waals surface area contributed by atoms with Gasteiger partial charge in [-0.2, -0.15) is 0 Å². The standard InChI is InChI=1S/C13H25NO/c1-10(14-4)13(7-8-13)9-11-5-6-12(2,3)15-11/h10-11,14H,5-9H2,1-4H3. The first-order valence-electron chi connectivity index (χ1n) is 6.33. The lowest BCUT2D eigenvalue weighted by Gasteiger charge is -2.27. The van der Waals surface area contributed by atoms with Crippen molar-refractivity contribution >= 4 is 0 Å². The highest BCUT2D eigenvalue weighted by atomic mass is 16.5. The molecule has 1 aliphatic carbocycles. The van der Waals surface area contributed by atoms with Gasteiger partial charge in [0.25, 0.3) is 0 Å². The molecule has 2 fully saturated rings. The SMILES string of the molecule is CNC(C)C1(CC2CCC(C)(C)O2)CC1. The Hall–Kier alpha value is -0.0800. The molecule has 2 heteroatoms. The Bertz CT molecular complexity index is 233. The van der Waals surface area contributed by atoms with Crippen LogP contribution in [-0.4, -0.2) is 24.8 Å². The summed E-state index contributed by atoms with van der Waals surface area (Å²) in [6.45, 7) is 6.75. The number of hydrogen-bond donors (Lipinski definition) is 1. The fourth-order valence-corrected chi connectivity index (χ4v) is 2.96. The van der Waals surface area contributed by atoms with E-state index < -0.39 is 0 Å². The molecule has 1 saturated carbocycles. The smallest absolute Gasteiger partial charge is 0.0631 e. The number of rotatable bonds is 4. The summed E-state index contributed by atoms with van der Waals surface area (Å²) in [7, 11) is 2.07. The summed E-state index contributed by atoms with van der Waals surface area (Å²) in [5, 5.41) is 3.41. The Morgan fingerprint density at radius 1 is 1.33 bits per heavy atom. The minimum atomic E-state index is 0.129. The molecule has 0 bridgehead atoms. The molecule has 2 atom stereocenters. The minimum Gasteiger partial charge on any atom is -0.372 e. The molecule has 2 unspecified atom stereocenters. The van der Waals surface area contributed by atoms with Gasteiger partial charge in [0.2, 0.25) is 0 Å². The topological polar surface area (TPSA) is 21.3 Å². The third-order valence-corrected chi connectivity index (χ3v) is 4.43. The monoisotopic (exact) mass is 211 g/mol. The molecule has 0 amide bonds. The van der Waals surface area contributed by atoms with Crippen molar-refractivity contribution in [1.82, 2.24) is 5.32 Å².